The van der Waals surface area contributed by atoms with Gasteiger partial charge < -0.3 is 14.6 Å². The molecule has 1 aromatic rings. The Morgan fingerprint density at radius 1 is 1.38 bits per heavy atom. The van der Waals surface area contributed by atoms with E-state index in [1.807, 2.05) is 6.92 Å². The van der Waals surface area contributed by atoms with Gasteiger partial charge in [-0.1, -0.05) is 19.0 Å². The summed E-state index contributed by atoms with van der Waals surface area (Å²) in [5.74, 6) is 1.46. The second kappa shape index (κ2) is 5.96. The molecule has 92 valence electrons. The highest BCUT2D eigenvalue weighted by Gasteiger charge is 2.21. The number of rotatable bonds is 6. The maximum Gasteiger partial charge on any atom is 0.231 e. The molecule has 1 aromatic heterocycles. The topological polar surface area (TPSA) is 60.2 Å². The van der Waals surface area contributed by atoms with Gasteiger partial charge in [0, 0.05) is 13.2 Å². The Hall–Kier alpha value is -0.940. The lowest BCUT2D eigenvalue weighted by Gasteiger charge is -2.16. The van der Waals surface area contributed by atoms with E-state index in [9.17, 15) is 0 Å². The van der Waals surface area contributed by atoms with Gasteiger partial charge in [0.05, 0.1) is 5.92 Å². The molecule has 16 heavy (non-hydrogen) atoms. The second-order valence-corrected chi connectivity index (χ2v) is 4.00. The molecule has 5 nitrogen and oxygen atoms in total. The molecule has 0 aliphatic carbocycles. The minimum Gasteiger partial charge on any atom is -0.374 e. The third kappa shape index (κ3) is 3.02. The monoisotopic (exact) mass is 227 g/mol. The van der Waals surface area contributed by atoms with Gasteiger partial charge in [-0.3, -0.25) is 0 Å². The van der Waals surface area contributed by atoms with Crippen LogP contribution < -0.4 is 5.32 Å². The normalized spacial score (nSPS) is 17.1. The quantitative estimate of drug-likeness (QED) is 0.804. The maximum absolute atomic E-state index is 5.24. The van der Waals surface area contributed by atoms with Gasteiger partial charge in [-0.15, -0.1) is 0 Å². The molecule has 0 aliphatic rings. The van der Waals surface area contributed by atoms with Gasteiger partial charge in [0.25, 0.3) is 0 Å². The van der Waals surface area contributed by atoms with Gasteiger partial charge in [-0.25, -0.2) is 0 Å². The van der Waals surface area contributed by atoms with Gasteiger partial charge in [0.2, 0.25) is 5.89 Å². The van der Waals surface area contributed by atoms with Crippen LogP contribution in [0.5, 0.6) is 0 Å². The Bertz CT molecular complexity index is 314. The van der Waals surface area contributed by atoms with E-state index < -0.39 is 0 Å². The molecule has 0 spiro atoms. The summed E-state index contributed by atoms with van der Waals surface area (Å²) < 4.78 is 10.4. The fourth-order valence-electron chi connectivity index (χ4n) is 1.42. The molecule has 1 heterocycles. The van der Waals surface area contributed by atoms with Crippen LogP contribution in [-0.4, -0.2) is 29.8 Å². The number of nitrogens with zero attached hydrogens (tertiary/aromatic N) is 2. The van der Waals surface area contributed by atoms with E-state index in [0.717, 1.165) is 6.54 Å². The van der Waals surface area contributed by atoms with Crippen LogP contribution in [0.3, 0.4) is 0 Å². The van der Waals surface area contributed by atoms with Gasteiger partial charge in [-0.05, 0) is 20.4 Å². The molecule has 3 unspecified atom stereocenters. The zero-order valence-electron chi connectivity index (χ0n) is 10.7. The molecule has 1 N–H and O–H groups in total. The number of likely N-dealkylation sites (N-methyl/N-ethyl adjacent to an activating group) is 1. The summed E-state index contributed by atoms with van der Waals surface area (Å²) in [6.45, 7) is 9.09. The van der Waals surface area contributed by atoms with Crippen molar-refractivity contribution in [1.82, 2.24) is 15.5 Å². The smallest absolute Gasteiger partial charge is 0.231 e. The molecule has 0 saturated carbocycles. The molecule has 0 radical (unpaired) electrons. The summed E-state index contributed by atoms with van der Waals surface area (Å²) in [6, 6.07) is 0.316. The van der Waals surface area contributed by atoms with E-state index in [4.69, 9.17) is 9.26 Å². The third-order valence-electron chi connectivity index (χ3n) is 2.84. The molecule has 0 bridgehead atoms. The molecule has 0 aromatic carbocycles. The standard InChI is InChI=1S/C11H21N3O2/c1-6-12-8(3)7(2)11-13-10(14-16-11)9(4)15-5/h7-9,12H,6H2,1-5H3. The third-order valence-corrected chi connectivity index (χ3v) is 2.84. The first kappa shape index (κ1) is 13.1. The van der Waals surface area contributed by atoms with E-state index in [1.54, 1.807) is 7.11 Å². The first-order chi connectivity index (χ1) is 7.60. The second-order valence-electron chi connectivity index (χ2n) is 4.00. The number of methoxy groups -OCH3 is 1. The zero-order chi connectivity index (χ0) is 12.1. The van der Waals surface area contributed by atoms with Crippen LogP contribution in [-0.2, 0) is 4.74 Å². The van der Waals surface area contributed by atoms with Crippen molar-refractivity contribution < 1.29 is 9.26 Å². The SMILES string of the molecule is CCNC(C)C(C)c1nc(C(C)OC)no1. The number of aromatic nitrogens is 2. The summed E-state index contributed by atoms with van der Waals surface area (Å²) in [7, 11) is 1.63. The van der Waals surface area contributed by atoms with Crippen molar-refractivity contribution in [1.29, 1.82) is 0 Å². The molecule has 0 amide bonds. The molecular weight excluding hydrogens is 206 g/mol. The molecule has 0 saturated heterocycles. The van der Waals surface area contributed by atoms with Crippen LogP contribution in [0.4, 0.5) is 0 Å². The Kier molecular flexibility index (Phi) is 4.89. The highest BCUT2D eigenvalue weighted by Crippen LogP contribution is 2.19. The molecule has 0 fully saturated rings. The lowest BCUT2D eigenvalue weighted by molar-refractivity contribution is 0.109. The average Bonchev–Trinajstić information content (AvgIpc) is 2.76. The minimum absolute atomic E-state index is 0.126. The number of hydrogen-bond acceptors (Lipinski definition) is 5. The van der Waals surface area contributed by atoms with E-state index in [0.29, 0.717) is 17.8 Å². The maximum atomic E-state index is 5.24. The Balaban J connectivity index is 2.69. The van der Waals surface area contributed by atoms with Crippen LogP contribution in [0.25, 0.3) is 0 Å². The largest absolute Gasteiger partial charge is 0.374 e. The van der Waals surface area contributed by atoms with Gasteiger partial charge in [0.15, 0.2) is 5.82 Å². The lowest BCUT2D eigenvalue weighted by atomic mass is 10.0. The van der Waals surface area contributed by atoms with Crippen molar-refractivity contribution in [2.24, 2.45) is 0 Å². The van der Waals surface area contributed by atoms with Crippen LogP contribution in [0.2, 0.25) is 0 Å². The molecule has 3 atom stereocenters. The molecule has 0 aliphatic heterocycles. The summed E-state index contributed by atoms with van der Waals surface area (Å²) in [5, 5.41) is 7.25. The summed E-state index contributed by atoms with van der Waals surface area (Å²) >= 11 is 0. The van der Waals surface area contributed by atoms with Crippen molar-refractivity contribution in [3.8, 4) is 0 Å². The van der Waals surface area contributed by atoms with E-state index in [2.05, 4.69) is 36.2 Å². The zero-order valence-corrected chi connectivity index (χ0v) is 10.7. The van der Waals surface area contributed by atoms with Crippen LogP contribution in [0, 0.1) is 0 Å². The van der Waals surface area contributed by atoms with Gasteiger partial charge in [-0.2, -0.15) is 4.98 Å². The number of hydrogen-bond donors (Lipinski definition) is 1. The van der Waals surface area contributed by atoms with Gasteiger partial charge in [0.1, 0.15) is 6.10 Å². The Labute approximate surface area is 96.6 Å². The predicted molar refractivity (Wildman–Crippen MR) is 61.3 cm³/mol. The van der Waals surface area contributed by atoms with E-state index in [-0.39, 0.29) is 12.0 Å². The minimum atomic E-state index is -0.126. The van der Waals surface area contributed by atoms with Crippen LogP contribution in [0.1, 0.15) is 51.4 Å². The highest BCUT2D eigenvalue weighted by atomic mass is 16.5. The molecule has 5 heteroatoms. The van der Waals surface area contributed by atoms with E-state index in [1.165, 1.54) is 0 Å². The summed E-state index contributed by atoms with van der Waals surface area (Å²) in [6.07, 6.45) is -0.126. The van der Waals surface area contributed by atoms with Gasteiger partial charge >= 0.3 is 0 Å². The van der Waals surface area contributed by atoms with Crippen LogP contribution >= 0.6 is 0 Å². The van der Waals surface area contributed by atoms with Crippen molar-refractivity contribution in [2.75, 3.05) is 13.7 Å². The average molecular weight is 227 g/mol. The Morgan fingerprint density at radius 3 is 2.62 bits per heavy atom. The predicted octanol–water partition coefficient (Wildman–Crippen LogP) is 1.88. The van der Waals surface area contributed by atoms with Crippen molar-refractivity contribution >= 4 is 0 Å². The lowest BCUT2D eigenvalue weighted by Crippen LogP contribution is -2.30. The first-order valence-corrected chi connectivity index (χ1v) is 5.69. The van der Waals surface area contributed by atoms with Crippen molar-refractivity contribution in [3.63, 3.8) is 0 Å². The summed E-state index contributed by atoms with van der Waals surface area (Å²) in [4.78, 5) is 4.34. The highest BCUT2D eigenvalue weighted by molar-refractivity contribution is 4.97. The number of ether oxygens (including phenoxy) is 1. The van der Waals surface area contributed by atoms with E-state index >= 15 is 0 Å². The summed E-state index contributed by atoms with van der Waals surface area (Å²) in [5.41, 5.74) is 0. The fraction of sp³-hybridized carbons (Fsp3) is 0.818. The van der Waals surface area contributed by atoms with Crippen LogP contribution in [0.15, 0.2) is 4.52 Å². The molecule has 1 rings (SSSR count). The van der Waals surface area contributed by atoms with Crippen molar-refractivity contribution in [3.05, 3.63) is 11.7 Å². The first-order valence-electron chi connectivity index (χ1n) is 5.69. The van der Waals surface area contributed by atoms with Crippen molar-refractivity contribution in [2.45, 2.75) is 45.8 Å². The fourth-order valence-corrected chi connectivity index (χ4v) is 1.42. The Morgan fingerprint density at radius 2 is 2.06 bits per heavy atom. The molecular formula is C11H21N3O2. The number of nitrogens with one attached hydrogen (secondary N) is 1.